The monoisotopic (exact) mass is 387 g/mol. The minimum atomic E-state index is -0.00136. The van der Waals surface area contributed by atoms with Crippen molar-refractivity contribution in [3.63, 3.8) is 0 Å². The van der Waals surface area contributed by atoms with Crippen LogP contribution >= 0.6 is 15.9 Å². The first kappa shape index (κ1) is 16.7. The zero-order chi connectivity index (χ0) is 17.1. The number of rotatable bonds is 3. The van der Waals surface area contributed by atoms with E-state index >= 15 is 0 Å². The van der Waals surface area contributed by atoms with Crippen molar-refractivity contribution in [3.8, 4) is 6.07 Å². The van der Waals surface area contributed by atoms with E-state index in [2.05, 4.69) is 49.1 Å². The summed E-state index contributed by atoms with van der Waals surface area (Å²) in [5.74, 6) is 0.445. The number of hydrogen-bond acceptors (Lipinski definition) is 5. The fraction of sp³-hybridized carbons (Fsp3) is 0.412. The van der Waals surface area contributed by atoms with Crippen LogP contribution in [0.4, 0.5) is 5.69 Å². The smallest absolute Gasteiger partial charge is 0.230 e. The molecule has 2 heterocycles. The minimum Gasteiger partial charge on any atom is -0.367 e. The van der Waals surface area contributed by atoms with Gasteiger partial charge in [-0.3, -0.25) is 14.8 Å². The normalized spacial score (nSPS) is 20.6. The Morgan fingerprint density at radius 2 is 2.12 bits per heavy atom. The van der Waals surface area contributed by atoms with E-state index in [1.165, 1.54) is 0 Å². The third kappa shape index (κ3) is 3.34. The summed E-state index contributed by atoms with van der Waals surface area (Å²) in [6.45, 7) is 3.79. The quantitative estimate of drug-likeness (QED) is 0.816. The van der Waals surface area contributed by atoms with Crippen molar-refractivity contribution in [1.82, 2.24) is 15.3 Å². The number of aromatic nitrogens is 2. The Kier molecular flexibility index (Phi) is 4.95. The summed E-state index contributed by atoms with van der Waals surface area (Å²) in [7, 11) is 0. The molecule has 1 N–H and O–H groups in total. The molecule has 1 aliphatic rings. The molecule has 24 heavy (non-hydrogen) atoms. The topological polar surface area (TPSA) is 81.9 Å². The Bertz CT molecular complexity index is 803. The SMILES string of the molecule is C[C@H]1C[C@@H](NC(=O)CBr)CN(c2ccc(C#N)c3nccnc23)C1. The third-order valence-electron chi connectivity index (χ3n) is 4.21. The predicted octanol–water partition coefficient (Wildman–Crippen LogP) is 2.23. The molecular weight excluding hydrogens is 370 g/mol. The molecule has 1 amide bonds. The number of halogens is 1. The molecule has 0 saturated carbocycles. The number of hydrogen-bond donors (Lipinski definition) is 1. The average molecular weight is 388 g/mol. The summed E-state index contributed by atoms with van der Waals surface area (Å²) in [5, 5.41) is 12.6. The predicted molar refractivity (Wildman–Crippen MR) is 96.0 cm³/mol. The molecule has 0 bridgehead atoms. The van der Waals surface area contributed by atoms with E-state index in [1.54, 1.807) is 18.5 Å². The molecular formula is C17H18BrN5O. The van der Waals surface area contributed by atoms with Crippen LogP contribution in [0.2, 0.25) is 0 Å². The van der Waals surface area contributed by atoms with Gasteiger partial charge in [0.05, 0.1) is 16.6 Å². The highest BCUT2D eigenvalue weighted by molar-refractivity contribution is 9.09. The number of amides is 1. The van der Waals surface area contributed by atoms with Gasteiger partial charge in [-0.2, -0.15) is 5.26 Å². The number of nitrogens with zero attached hydrogens (tertiary/aromatic N) is 4. The Morgan fingerprint density at radius 3 is 2.83 bits per heavy atom. The zero-order valence-corrected chi connectivity index (χ0v) is 15.0. The van der Waals surface area contributed by atoms with Crippen LogP contribution in [0, 0.1) is 17.2 Å². The second-order valence-corrected chi connectivity index (χ2v) is 6.70. The Hall–Kier alpha value is -2.20. The lowest BCUT2D eigenvalue weighted by Crippen LogP contribution is -2.50. The summed E-state index contributed by atoms with van der Waals surface area (Å²) in [6, 6.07) is 5.98. The molecule has 3 rings (SSSR count). The molecule has 0 aliphatic carbocycles. The number of anilines is 1. The second kappa shape index (κ2) is 7.14. The van der Waals surface area contributed by atoms with Crippen molar-refractivity contribution in [3.05, 3.63) is 30.1 Å². The molecule has 1 fully saturated rings. The van der Waals surface area contributed by atoms with Crippen LogP contribution in [0.5, 0.6) is 0 Å². The van der Waals surface area contributed by atoms with E-state index in [-0.39, 0.29) is 11.9 Å². The number of piperidine rings is 1. The third-order valence-corrected chi connectivity index (χ3v) is 4.72. The lowest BCUT2D eigenvalue weighted by Gasteiger charge is -2.38. The van der Waals surface area contributed by atoms with Crippen molar-refractivity contribution in [2.75, 3.05) is 23.3 Å². The van der Waals surface area contributed by atoms with Gasteiger partial charge in [0.25, 0.3) is 0 Å². The molecule has 0 radical (unpaired) electrons. The lowest BCUT2D eigenvalue weighted by atomic mass is 9.95. The van der Waals surface area contributed by atoms with Gasteiger partial charge in [-0.25, -0.2) is 0 Å². The van der Waals surface area contributed by atoms with Crippen LogP contribution in [-0.2, 0) is 4.79 Å². The average Bonchev–Trinajstić information content (AvgIpc) is 2.60. The van der Waals surface area contributed by atoms with Gasteiger partial charge in [-0.15, -0.1) is 0 Å². The summed E-state index contributed by atoms with van der Waals surface area (Å²) < 4.78 is 0. The molecule has 2 aromatic rings. The van der Waals surface area contributed by atoms with Crippen LogP contribution in [-0.4, -0.2) is 40.3 Å². The number of carbonyl (C=O) groups excluding carboxylic acids is 1. The van der Waals surface area contributed by atoms with Crippen molar-refractivity contribution >= 4 is 38.6 Å². The number of alkyl halides is 1. The first-order chi connectivity index (χ1) is 11.6. The van der Waals surface area contributed by atoms with Gasteiger partial charge in [-0.1, -0.05) is 22.9 Å². The molecule has 0 spiro atoms. The highest BCUT2D eigenvalue weighted by Gasteiger charge is 2.27. The molecule has 1 aromatic carbocycles. The van der Waals surface area contributed by atoms with Gasteiger partial charge in [0, 0.05) is 31.5 Å². The van der Waals surface area contributed by atoms with Crippen LogP contribution in [0.1, 0.15) is 18.9 Å². The minimum absolute atomic E-state index is 0.00136. The molecule has 0 unspecified atom stereocenters. The van der Waals surface area contributed by atoms with Gasteiger partial charge >= 0.3 is 0 Å². The van der Waals surface area contributed by atoms with E-state index in [4.69, 9.17) is 0 Å². The second-order valence-electron chi connectivity index (χ2n) is 6.14. The highest BCUT2D eigenvalue weighted by atomic mass is 79.9. The molecule has 1 aromatic heterocycles. The van der Waals surface area contributed by atoms with Gasteiger partial charge in [0.1, 0.15) is 17.1 Å². The number of nitrogens with one attached hydrogen (secondary N) is 1. The van der Waals surface area contributed by atoms with E-state index in [1.807, 2.05) is 6.07 Å². The van der Waals surface area contributed by atoms with Gasteiger partial charge in [0.2, 0.25) is 5.91 Å². The van der Waals surface area contributed by atoms with Gasteiger partial charge < -0.3 is 10.2 Å². The number of carbonyl (C=O) groups is 1. The van der Waals surface area contributed by atoms with Crippen LogP contribution in [0.25, 0.3) is 11.0 Å². The molecule has 6 nitrogen and oxygen atoms in total. The van der Waals surface area contributed by atoms with E-state index < -0.39 is 0 Å². The maximum Gasteiger partial charge on any atom is 0.230 e. The van der Waals surface area contributed by atoms with Crippen molar-refractivity contribution in [1.29, 1.82) is 5.26 Å². The van der Waals surface area contributed by atoms with Crippen LogP contribution in [0.15, 0.2) is 24.5 Å². The van der Waals surface area contributed by atoms with E-state index in [9.17, 15) is 10.1 Å². The molecule has 2 atom stereocenters. The highest BCUT2D eigenvalue weighted by Crippen LogP contribution is 2.30. The number of fused-ring (bicyclic) bond motifs is 1. The Balaban J connectivity index is 1.95. The van der Waals surface area contributed by atoms with Crippen molar-refractivity contribution in [2.24, 2.45) is 5.92 Å². The fourth-order valence-corrected chi connectivity index (χ4v) is 3.47. The van der Waals surface area contributed by atoms with E-state index in [0.717, 1.165) is 30.7 Å². The molecule has 1 saturated heterocycles. The zero-order valence-electron chi connectivity index (χ0n) is 13.4. The first-order valence-corrected chi connectivity index (χ1v) is 8.98. The molecule has 7 heteroatoms. The van der Waals surface area contributed by atoms with Crippen molar-refractivity contribution < 1.29 is 4.79 Å². The molecule has 124 valence electrons. The largest absolute Gasteiger partial charge is 0.367 e. The van der Waals surface area contributed by atoms with Crippen LogP contribution in [0.3, 0.4) is 0 Å². The Morgan fingerprint density at radius 1 is 1.38 bits per heavy atom. The lowest BCUT2D eigenvalue weighted by molar-refractivity contribution is -0.119. The summed E-state index contributed by atoms with van der Waals surface area (Å²) in [6.07, 6.45) is 4.20. The van der Waals surface area contributed by atoms with E-state index in [0.29, 0.717) is 22.3 Å². The summed E-state index contributed by atoms with van der Waals surface area (Å²) >= 11 is 3.19. The Labute approximate surface area is 149 Å². The van der Waals surface area contributed by atoms with Gasteiger partial charge in [0.15, 0.2) is 0 Å². The van der Waals surface area contributed by atoms with Gasteiger partial charge in [-0.05, 0) is 24.5 Å². The summed E-state index contributed by atoms with van der Waals surface area (Å²) in [5.41, 5.74) is 2.84. The first-order valence-electron chi connectivity index (χ1n) is 7.86. The standard InChI is InChI=1S/C17H18BrN5O/c1-11-6-13(22-15(24)7-18)10-23(9-11)14-3-2-12(8-19)16-17(14)21-5-4-20-16/h2-5,11,13H,6-7,9-10H2,1H3,(H,22,24)/t11-,13+/m0/s1. The fourth-order valence-electron chi connectivity index (χ4n) is 3.31. The van der Waals surface area contributed by atoms with Crippen molar-refractivity contribution in [2.45, 2.75) is 19.4 Å². The number of nitriles is 1. The maximum atomic E-state index is 11.7. The summed E-state index contributed by atoms with van der Waals surface area (Å²) in [4.78, 5) is 22.7. The number of benzene rings is 1. The molecule has 1 aliphatic heterocycles. The maximum absolute atomic E-state index is 11.7. The van der Waals surface area contributed by atoms with Crippen LogP contribution < -0.4 is 10.2 Å².